The van der Waals surface area contributed by atoms with Gasteiger partial charge >= 0.3 is 0 Å². The Kier molecular flexibility index (Phi) is 4.33. The number of benzene rings is 2. The standard InChI is InChI=1S/C17H15N3O3/c18-15(21)11-22-14-8-4-7-13(10-14)17-19-16(20-23-17)9-12-5-2-1-3-6-12/h1-8,10H,9,11H2,(H2,18,21). The van der Waals surface area contributed by atoms with E-state index in [1.165, 1.54) is 0 Å². The molecule has 0 unspecified atom stereocenters. The van der Waals surface area contributed by atoms with E-state index < -0.39 is 5.91 Å². The van der Waals surface area contributed by atoms with E-state index in [-0.39, 0.29) is 6.61 Å². The maximum Gasteiger partial charge on any atom is 0.258 e. The van der Waals surface area contributed by atoms with Gasteiger partial charge in [-0.25, -0.2) is 0 Å². The second-order valence-corrected chi connectivity index (χ2v) is 4.96. The topological polar surface area (TPSA) is 91.2 Å². The van der Waals surface area contributed by atoms with E-state index in [2.05, 4.69) is 10.1 Å². The highest BCUT2D eigenvalue weighted by atomic mass is 16.5. The third-order valence-electron chi connectivity index (χ3n) is 3.14. The molecule has 3 rings (SSSR count). The van der Waals surface area contributed by atoms with Crippen LogP contribution in [0.2, 0.25) is 0 Å². The molecule has 0 fully saturated rings. The first-order valence-electron chi connectivity index (χ1n) is 7.09. The van der Waals surface area contributed by atoms with Crippen molar-refractivity contribution in [2.75, 3.05) is 6.61 Å². The molecule has 2 N–H and O–H groups in total. The molecular formula is C17H15N3O3. The number of aromatic nitrogens is 2. The van der Waals surface area contributed by atoms with E-state index in [9.17, 15) is 4.79 Å². The van der Waals surface area contributed by atoms with Gasteiger partial charge in [-0.15, -0.1) is 0 Å². The molecule has 1 heterocycles. The number of carbonyl (C=O) groups is 1. The fourth-order valence-electron chi connectivity index (χ4n) is 2.09. The van der Waals surface area contributed by atoms with Crippen LogP contribution in [0.25, 0.3) is 11.5 Å². The van der Waals surface area contributed by atoms with E-state index in [1.54, 1.807) is 18.2 Å². The summed E-state index contributed by atoms with van der Waals surface area (Å²) in [5.74, 6) is 0.998. The number of rotatable bonds is 6. The Labute approximate surface area is 132 Å². The lowest BCUT2D eigenvalue weighted by atomic mass is 10.1. The van der Waals surface area contributed by atoms with Crippen LogP contribution < -0.4 is 10.5 Å². The summed E-state index contributed by atoms with van der Waals surface area (Å²) in [6.45, 7) is -0.174. The zero-order valence-corrected chi connectivity index (χ0v) is 12.3. The molecule has 0 saturated carbocycles. The van der Waals surface area contributed by atoms with Gasteiger partial charge in [0.05, 0.1) is 0 Å². The predicted molar refractivity (Wildman–Crippen MR) is 83.7 cm³/mol. The number of amides is 1. The van der Waals surface area contributed by atoms with Gasteiger partial charge in [0.1, 0.15) is 5.75 Å². The van der Waals surface area contributed by atoms with Crippen molar-refractivity contribution in [3.63, 3.8) is 0 Å². The SMILES string of the molecule is NC(=O)COc1cccc(-c2nc(Cc3ccccc3)no2)c1. The quantitative estimate of drug-likeness (QED) is 0.753. The van der Waals surface area contributed by atoms with Gasteiger partial charge in [0.25, 0.3) is 11.8 Å². The van der Waals surface area contributed by atoms with Gasteiger partial charge in [0.2, 0.25) is 0 Å². The third-order valence-corrected chi connectivity index (χ3v) is 3.14. The first-order valence-corrected chi connectivity index (χ1v) is 7.09. The maximum absolute atomic E-state index is 10.8. The molecule has 1 aromatic heterocycles. The minimum absolute atomic E-state index is 0.174. The average Bonchev–Trinajstić information content (AvgIpc) is 3.03. The Morgan fingerprint density at radius 1 is 1.13 bits per heavy atom. The Morgan fingerprint density at radius 2 is 1.96 bits per heavy atom. The van der Waals surface area contributed by atoms with E-state index in [0.717, 1.165) is 11.1 Å². The average molecular weight is 309 g/mol. The summed E-state index contributed by atoms with van der Waals surface area (Å²) < 4.78 is 10.6. The van der Waals surface area contributed by atoms with Crippen LogP contribution in [-0.2, 0) is 11.2 Å². The van der Waals surface area contributed by atoms with Crippen molar-refractivity contribution in [3.05, 3.63) is 66.0 Å². The number of nitrogens with two attached hydrogens (primary N) is 1. The summed E-state index contributed by atoms with van der Waals surface area (Å²) in [6, 6.07) is 17.0. The van der Waals surface area contributed by atoms with Crippen LogP contribution in [0.5, 0.6) is 5.75 Å². The van der Waals surface area contributed by atoms with Gasteiger partial charge in [-0.2, -0.15) is 4.98 Å². The largest absolute Gasteiger partial charge is 0.484 e. The molecule has 0 bridgehead atoms. The lowest BCUT2D eigenvalue weighted by Gasteiger charge is -2.03. The number of hydrogen-bond donors (Lipinski definition) is 1. The summed E-state index contributed by atoms with van der Waals surface area (Å²) in [5, 5.41) is 3.99. The molecule has 0 aliphatic rings. The molecule has 0 spiro atoms. The Hall–Kier alpha value is -3.15. The lowest BCUT2D eigenvalue weighted by Crippen LogP contribution is -2.19. The molecule has 6 nitrogen and oxygen atoms in total. The second-order valence-electron chi connectivity index (χ2n) is 4.96. The number of nitrogens with zero attached hydrogens (tertiary/aromatic N) is 2. The van der Waals surface area contributed by atoms with E-state index in [0.29, 0.717) is 23.9 Å². The predicted octanol–water partition coefficient (Wildman–Crippen LogP) is 2.19. The number of ether oxygens (including phenoxy) is 1. The molecule has 0 aliphatic carbocycles. The molecule has 23 heavy (non-hydrogen) atoms. The fourth-order valence-corrected chi connectivity index (χ4v) is 2.09. The highest BCUT2D eigenvalue weighted by molar-refractivity contribution is 5.75. The van der Waals surface area contributed by atoms with Crippen molar-refractivity contribution in [1.82, 2.24) is 10.1 Å². The van der Waals surface area contributed by atoms with Crippen molar-refractivity contribution in [3.8, 4) is 17.2 Å². The summed E-state index contributed by atoms with van der Waals surface area (Å²) in [7, 11) is 0. The first kappa shape index (κ1) is 14.8. The van der Waals surface area contributed by atoms with Gasteiger partial charge in [-0.05, 0) is 23.8 Å². The van der Waals surface area contributed by atoms with Crippen LogP contribution >= 0.6 is 0 Å². The highest BCUT2D eigenvalue weighted by Crippen LogP contribution is 2.23. The highest BCUT2D eigenvalue weighted by Gasteiger charge is 2.10. The third kappa shape index (κ3) is 3.94. The minimum Gasteiger partial charge on any atom is -0.484 e. The number of primary amides is 1. The van der Waals surface area contributed by atoms with Crippen molar-refractivity contribution in [1.29, 1.82) is 0 Å². The number of carbonyl (C=O) groups excluding carboxylic acids is 1. The molecule has 6 heteroatoms. The molecule has 1 amide bonds. The molecular weight excluding hydrogens is 294 g/mol. The molecule has 3 aromatic rings. The molecule has 0 saturated heterocycles. The number of hydrogen-bond acceptors (Lipinski definition) is 5. The van der Waals surface area contributed by atoms with Crippen molar-refractivity contribution < 1.29 is 14.1 Å². The maximum atomic E-state index is 10.8. The second kappa shape index (κ2) is 6.74. The van der Waals surface area contributed by atoms with Crippen LogP contribution in [-0.4, -0.2) is 22.7 Å². The van der Waals surface area contributed by atoms with E-state index in [4.69, 9.17) is 15.0 Å². The van der Waals surface area contributed by atoms with Crippen LogP contribution in [0.4, 0.5) is 0 Å². The summed E-state index contributed by atoms with van der Waals surface area (Å²) in [5.41, 5.74) is 6.89. The summed E-state index contributed by atoms with van der Waals surface area (Å²) in [6.07, 6.45) is 0.599. The van der Waals surface area contributed by atoms with E-state index in [1.807, 2.05) is 36.4 Å². The van der Waals surface area contributed by atoms with Crippen LogP contribution in [0.3, 0.4) is 0 Å². The van der Waals surface area contributed by atoms with Crippen molar-refractivity contribution in [2.24, 2.45) is 5.73 Å². The Balaban J connectivity index is 1.75. The monoisotopic (exact) mass is 309 g/mol. The molecule has 0 aliphatic heterocycles. The lowest BCUT2D eigenvalue weighted by molar-refractivity contribution is -0.119. The fraction of sp³-hybridized carbons (Fsp3) is 0.118. The van der Waals surface area contributed by atoms with E-state index >= 15 is 0 Å². The molecule has 116 valence electrons. The first-order chi connectivity index (χ1) is 11.2. The molecule has 0 radical (unpaired) electrons. The summed E-state index contributed by atoms with van der Waals surface area (Å²) in [4.78, 5) is 15.1. The van der Waals surface area contributed by atoms with Crippen molar-refractivity contribution in [2.45, 2.75) is 6.42 Å². The Bertz CT molecular complexity index is 800. The zero-order chi connectivity index (χ0) is 16.1. The molecule has 0 atom stereocenters. The van der Waals surface area contributed by atoms with Crippen molar-refractivity contribution >= 4 is 5.91 Å². The normalized spacial score (nSPS) is 10.4. The van der Waals surface area contributed by atoms with Gasteiger partial charge in [0.15, 0.2) is 12.4 Å². The summed E-state index contributed by atoms with van der Waals surface area (Å²) >= 11 is 0. The van der Waals surface area contributed by atoms with Crippen LogP contribution in [0.1, 0.15) is 11.4 Å². The van der Waals surface area contributed by atoms with Crippen LogP contribution in [0, 0.1) is 0 Å². The van der Waals surface area contributed by atoms with Gasteiger partial charge in [-0.3, -0.25) is 4.79 Å². The zero-order valence-electron chi connectivity index (χ0n) is 12.3. The molecule has 2 aromatic carbocycles. The van der Waals surface area contributed by atoms with Crippen LogP contribution in [0.15, 0.2) is 59.1 Å². The Morgan fingerprint density at radius 3 is 2.74 bits per heavy atom. The minimum atomic E-state index is -0.529. The van der Waals surface area contributed by atoms with Gasteiger partial charge in [0, 0.05) is 12.0 Å². The smallest absolute Gasteiger partial charge is 0.258 e. The van der Waals surface area contributed by atoms with Gasteiger partial charge in [-0.1, -0.05) is 41.6 Å². The van der Waals surface area contributed by atoms with Gasteiger partial charge < -0.3 is 15.0 Å².